The highest BCUT2D eigenvalue weighted by molar-refractivity contribution is 5.91. The molecule has 0 fully saturated rings. The van der Waals surface area contributed by atoms with Crippen molar-refractivity contribution in [2.45, 2.75) is 0 Å². The molecular weight excluding hydrogens is 220 g/mol. The molecule has 3 aromatic rings. The number of hydrogen-bond donors (Lipinski definition) is 2. The van der Waals surface area contributed by atoms with Crippen LogP contribution in [-0.2, 0) is 0 Å². The minimum absolute atomic E-state index is 0.0796. The number of aromatic carboxylic acids is 1. The van der Waals surface area contributed by atoms with Crippen molar-refractivity contribution in [1.82, 2.24) is 19.9 Å². The third kappa shape index (κ3) is 1.46. The molecule has 0 amide bonds. The summed E-state index contributed by atoms with van der Waals surface area (Å²) in [5, 5.41) is 10.8. The Balaban J connectivity index is 2.20. The van der Waals surface area contributed by atoms with E-state index in [0.717, 1.165) is 11.0 Å². The lowest BCUT2D eigenvalue weighted by molar-refractivity contribution is -0.255. The quantitative estimate of drug-likeness (QED) is 0.658. The number of carboxylic acid groups (broad SMARTS) is 1. The van der Waals surface area contributed by atoms with Crippen molar-refractivity contribution in [1.29, 1.82) is 0 Å². The van der Waals surface area contributed by atoms with Crippen LogP contribution in [-0.4, -0.2) is 25.9 Å². The van der Waals surface area contributed by atoms with Gasteiger partial charge in [-0.25, -0.2) is 9.97 Å². The Labute approximate surface area is 95.3 Å². The van der Waals surface area contributed by atoms with Crippen LogP contribution >= 0.6 is 0 Å². The Kier molecular flexibility index (Phi) is 1.94. The molecule has 0 saturated carbocycles. The fraction of sp³-hybridized carbons (Fsp3) is 0. The van der Waals surface area contributed by atoms with Gasteiger partial charge in [0.15, 0.2) is 5.82 Å². The number of rotatable bonds is 2. The summed E-state index contributed by atoms with van der Waals surface area (Å²) < 4.78 is 0. The lowest BCUT2D eigenvalue weighted by atomic mass is 10.3. The highest BCUT2D eigenvalue weighted by Crippen LogP contribution is 2.20. The number of nitrogens with one attached hydrogen (secondary N) is 2. The van der Waals surface area contributed by atoms with Gasteiger partial charge in [-0.05, 0) is 12.1 Å². The second-order valence-electron chi connectivity index (χ2n) is 3.52. The van der Waals surface area contributed by atoms with Crippen molar-refractivity contribution in [2.75, 3.05) is 0 Å². The molecule has 6 heteroatoms. The maximum Gasteiger partial charge on any atom is 0.159 e. The molecule has 0 saturated heterocycles. The van der Waals surface area contributed by atoms with Gasteiger partial charge in [-0.1, -0.05) is 12.1 Å². The lowest BCUT2D eigenvalue weighted by Gasteiger charge is -1.99. The number of hydrogen-bond acceptors (Lipinski definition) is 4. The molecule has 84 valence electrons. The number of carboxylic acids is 1. The molecule has 0 aliphatic carbocycles. The van der Waals surface area contributed by atoms with Gasteiger partial charge < -0.3 is 19.9 Å². The van der Waals surface area contributed by atoms with Crippen LogP contribution in [0.1, 0.15) is 10.5 Å². The Hall–Kier alpha value is -2.63. The van der Waals surface area contributed by atoms with E-state index in [9.17, 15) is 9.90 Å². The third-order valence-electron chi connectivity index (χ3n) is 2.46. The van der Waals surface area contributed by atoms with E-state index in [1.54, 1.807) is 0 Å². The minimum atomic E-state index is -1.31. The number of fused-ring (bicyclic) bond motifs is 1. The average molecular weight is 227 g/mol. The number of nitrogens with zero attached hydrogens (tertiary/aromatic N) is 2. The Morgan fingerprint density at radius 3 is 2.88 bits per heavy atom. The summed E-state index contributed by atoms with van der Waals surface area (Å²) in [6, 6.07) is 7.42. The molecule has 2 aromatic heterocycles. The Morgan fingerprint density at radius 1 is 1.29 bits per heavy atom. The SMILES string of the molecule is O=C([O-])c1[nH]cnc1-c1nc2ccccc2[nH]1. The van der Waals surface area contributed by atoms with Crippen molar-refractivity contribution >= 4 is 17.0 Å². The first-order chi connectivity index (χ1) is 8.25. The van der Waals surface area contributed by atoms with E-state index in [2.05, 4.69) is 19.9 Å². The summed E-state index contributed by atoms with van der Waals surface area (Å²) in [6.07, 6.45) is 1.30. The summed E-state index contributed by atoms with van der Waals surface area (Å²) in [7, 11) is 0. The molecule has 3 rings (SSSR count). The summed E-state index contributed by atoms with van der Waals surface area (Å²) in [6.45, 7) is 0. The van der Waals surface area contributed by atoms with Crippen LogP contribution in [0.5, 0.6) is 0 Å². The highest BCUT2D eigenvalue weighted by Gasteiger charge is 2.12. The molecule has 0 radical (unpaired) electrons. The van der Waals surface area contributed by atoms with Gasteiger partial charge >= 0.3 is 0 Å². The molecule has 0 bridgehead atoms. The zero-order chi connectivity index (χ0) is 11.8. The van der Waals surface area contributed by atoms with Gasteiger partial charge in [0.1, 0.15) is 5.69 Å². The molecule has 2 N–H and O–H groups in total. The van der Waals surface area contributed by atoms with Gasteiger partial charge in [-0.15, -0.1) is 0 Å². The Bertz CT molecular complexity index is 665. The average Bonchev–Trinajstić information content (AvgIpc) is 2.95. The molecular formula is C11H7N4O2-. The van der Waals surface area contributed by atoms with Gasteiger partial charge in [0.25, 0.3) is 0 Å². The minimum Gasteiger partial charge on any atom is -0.543 e. The fourth-order valence-corrected chi connectivity index (χ4v) is 1.69. The van der Waals surface area contributed by atoms with Gasteiger partial charge in [0, 0.05) is 0 Å². The molecule has 0 atom stereocenters. The number of aromatic nitrogens is 4. The lowest BCUT2D eigenvalue weighted by Crippen LogP contribution is -2.23. The summed E-state index contributed by atoms with van der Waals surface area (Å²) in [5.74, 6) is -0.899. The smallest absolute Gasteiger partial charge is 0.159 e. The molecule has 0 aliphatic heterocycles. The van der Waals surface area contributed by atoms with E-state index in [-0.39, 0.29) is 11.4 Å². The molecule has 0 unspecified atom stereocenters. The zero-order valence-electron chi connectivity index (χ0n) is 8.60. The number of carbonyl (C=O) groups excluding carboxylic acids is 1. The molecule has 17 heavy (non-hydrogen) atoms. The van der Waals surface area contributed by atoms with E-state index in [0.29, 0.717) is 5.82 Å². The van der Waals surface area contributed by atoms with Crippen LogP contribution in [0.2, 0.25) is 0 Å². The van der Waals surface area contributed by atoms with E-state index in [4.69, 9.17) is 0 Å². The highest BCUT2D eigenvalue weighted by atomic mass is 16.4. The predicted molar refractivity (Wildman–Crippen MR) is 58.0 cm³/mol. The van der Waals surface area contributed by atoms with Crippen molar-refractivity contribution < 1.29 is 9.90 Å². The standard InChI is InChI=1S/C11H8N4O2/c16-11(17)9-8(12-5-13-9)10-14-6-3-1-2-4-7(6)15-10/h1-5H,(H,12,13)(H,14,15)(H,16,17)/p-1. The van der Waals surface area contributed by atoms with E-state index in [1.165, 1.54) is 6.33 Å². The second kappa shape index (κ2) is 3.44. The van der Waals surface area contributed by atoms with Crippen LogP contribution < -0.4 is 5.11 Å². The second-order valence-corrected chi connectivity index (χ2v) is 3.52. The van der Waals surface area contributed by atoms with Crippen LogP contribution in [0.3, 0.4) is 0 Å². The van der Waals surface area contributed by atoms with Crippen molar-refractivity contribution in [3.63, 3.8) is 0 Å². The molecule has 1 aromatic carbocycles. The third-order valence-corrected chi connectivity index (χ3v) is 2.46. The van der Waals surface area contributed by atoms with E-state index < -0.39 is 5.97 Å². The maximum absolute atomic E-state index is 10.8. The number of aromatic amines is 2. The number of carbonyl (C=O) groups is 1. The first kappa shape index (κ1) is 9.59. The number of para-hydroxylation sites is 2. The van der Waals surface area contributed by atoms with Gasteiger partial charge in [-0.3, -0.25) is 0 Å². The fourth-order valence-electron chi connectivity index (χ4n) is 1.69. The first-order valence-electron chi connectivity index (χ1n) is 4.95. The van der Waals surface area contributed by atoms with Crippen LogP contribution in [0.25, 0.3) is 22.6 Å². The molecule has 0 spiro atoms. The Morgan fingerprint density at radius 2 is 2.12 bits per heavy atom. The molecule has 6 nitrogen and oxygen atoms in total. The van der Waals surface area contributed by atoms with Crippen molar-refractivity contribution in [3.05, 3.63) is 36.3 Å². The number of H-pyrrole nitrogens is 2. The van der Waals surface area contributed by atoms with Gasteiger partial charge in [-0.2, -0.15) is 0 Å². The summed E-state index contributed by atoms with van der Waals surface area (Å²) in [5.41, 5.74) is 1.76. The maximum atomic E-state index is 10.8. The normalized spacial score (nSPS) is 10.8. The van der Waals surface area contributed by atoms with Gasteiger partial charge in [0.05, 0.1) is 29.0 Å². The zero-order valence-corrected chi connectivity index (χ0v) is 8.60. The van der Waals surface area contributed by atoms with Crippen LogP contribution in [0.15, 0.2) is 30.6 Å². The van der Waals surface area contributed by atoms with E-state index >= 15 is 0 Å². The first-order valence-corrected chi connectivity index (χ1v) is 4.95. The van der Waals surface area contributed by atoms with E-state index in [1.807, 2.05) is 24.3 Å². The molecule has 2 heterocycles. The number of benzene rings is 1. The summed E-state index contributed by atoms with van der Waals surface area (Å²) in [4.78, 5) is 24.6. The van der Waals surface area contributed by atoms with Crippen molar-refractivity contribution in [3.8, 4) is 11.5 Å². The topological polar surface area (TPSA) is 97.5 Å². The van der Waals surface area contributed by atoms with Crippen molar-refractivity contribution in [2.24, 2.45) is 0 Å². The largest absolute Gasteiger partial charge is 0.543 e. The molecule has 0 aliphatic rings. The monoisotopic (exact) mass is 227 g/mol. The van der Waals surface area contributed by atoms with Crippen LogP contribution in [0, 0.1) is 0 Å². The predicted octanol–water partition coefficient (Wildman–Crippen LogP) is 0.316. The van der Waals surface area contributed by atoms with Gasteiger partial charge in [0.2, 0.25) is 0 Å². The summed E-state index contributed by atoms with van der Waals surface area (Å²) >= 11 is 0. The van der Waals surface area contributed by atoms with Crippen LogP contribution in [0.4, 0.5) is 0 Å². The number of imidazole rings is 2.